The number of hydrogen-bond donors (Lipinski definition) is 1. The molecule has 0 aliphatic rings. The Morgan fingerprint density at radius 3 is 2.46 bits per heavy atom. The number of thiazole rings is 1. The van der Waals surface area contributed by atoms with E-state index in [1.165, 1.54) is 0 Å². The molecule has 28 heavy (non-hydrogen) atoms. The smallest absolute Gasteiger partial charge is 0.226 e. The molecule has 0 aliphatic heterocycles. The van der Waals surface area contributed by atoms with Crippen molar-refractivity contribution in [3.63, 3.8) is 0 Å². The number of carbonyl (C=O) groups is 1. The van der Waals surface area contributed by atoms with E-state index < -0.39 is 0 Å². The van der Waals surface area contributed by atoms with Gasteiger partial charge in [-0.15, -0.1) is 11.3 Å². The zero-order valence-corrected chi connectivity index (χ0v) is 16.3. The van der Waals surface area contributed by atoms with Gasteiger partial charge in [-0.2, -0.15) is 5.10 Å². The molecule has 2 aromatic carbocycles. The van der Waals surface area contributed by atoms with Gasteiger partial charge in [-0.05, 0) is 19.1 Å². The fourth-order valence-corrected chi connectivity index (χ4v) is 3.61. The summed E-state index contributed by atoms with van der Waals surface area (Å²) in [6.07, 6.45) is 2.27. The van der Waals surface area contributed by atoms with Crippen LogP contribution in [0.5, 0.6) is 0 Å². The lowest BCUT2D eigenvalue weighted by molar-refractivity contribution is -0.120. The van der Waals surface area contributed by atoms with E-state index in [0.29, 0.717) is 6.54 Å². The van der Waals surface area contributed by atoms with Gasteiger partial charge in [0.15, 0.2) is 0 Å². The van der Waals surface area contributed by atoms with Crippen LogP contribution in [0, 0.1) is 6.92 Å². The molecule has 0 bridgehead atoms. The van der Waals surface area contributed by atoms with Gasteiger partial charge in [0.05, 0.1) is 28.5 Å². The molecule has 1 N–H and O–H groups in total. The standard InChI is InChI=1S/C22H20N4OS/c1-16-24-19(15-28-16)12-21(27)23-13-18-14-26(20-10-6-3-7-11-20)25-22(18)17-8-4-2-5-9-17/h2-11,14-15H,12-13H2,1H3,(H,23,27). The summed E-state index contributed by atoms with van der Waals surface area (Å²) in [6.45, 7) is 2.36. The van der Waals surface area contributed by atoms with Crippen LogP contribution >= 0.6 is 11.3 Å². The van der Waals surface area contributed by atoms with Crippen molar-refractivity contribution in [1.82, 2.24) is 20.1 Å². The number of carbonyl (C=O) groups excluding carboxylic acids is 1. The first-order chi connectivity index (χ1) is 13.7. The molecule has 4 aromatic rings. The number of nitrogens with one attached hydrogen (secondary N) is 1. The first-order valence-corrected chi connectivity index (χ1v) is 9.94. The maximum atomic E-state index is 12.3. The minimum atomic E-state index is -0.0447. The van der Waals surface area contributed by atoms with Gasteiger partial charge in [0.25, 0.3) is 0 Å². The monoisotopic (exact) mass is 388 g/mol. The fraction of sp³-hybridized carbons (Fsp3) is 0.136. The minimum absolute atomic E-state index is 0.0447. The maximum absolute atomic E-state index is 12.3. The highest BCUT2D eigenvalue weighted by Crippen LogP contribution is 2.23. The van der Waals surface area contributed by atoms with Crippen LogP contribution in [0.4, 0.5) is 0 Å². The molecule has 5 nitrogen and oxygen atoms in total. The van der Waals surface area contributed by atoms with Crippen molar-refractivity contribution in [1.29, 1.82) is 0 Å². The highest BCUT2D eigenvalue weighted by atomic mass is 32.1. The molecule has 1 amide bonds. The number of rotatable bonds is 6. The summed E-state index contributed by atoms with van der Waals surface area (Å²) >= 11 is 1.56. The van der Waals surface area contributed by atoms with Crippen LogP contribution in [0.3, 0.4) is 0 Å². The lowest BCUT2D eigenvalue weighted by Gasteiger charge is -2.05. The summed E-state index contributed by atoms with van der Waals surface area (Å²) in [5, 5.41) is 10.7. The average Bonchev–Trinajstić information content (AvgIpc) is 3.34. The molecule has 2 heterocycles. The summed E-state index contributed by atoms with van der Waals surface area (Å²) in [7, 11) is 0. The van der Waals surface area contributed by atoms with Gasteiger partial charge in [-0.1, -0.05) is 48.5 Å². The van der Waals surface area contributed by atoms with E-state index in [4.69, 9.17) is 5.10 Å². The van der Waals surface area contributed by atoms with E-state index in [1.54, 1.807) is 11.3 Å². The Morgan fingerprint density at radius 2 is 1.79 bits per heavy atom. The van der Waals surface area contributed by atoms with Crippen LogP contribution in [-0.4, -0.2) is 20.7 Å². The van der Waals surface area contributed by atoms with Crippen molar-refractivity contribution in [3.8, 4) is 16.9 Å². The van der Waals surface area contributed by atoms with Crippen LogP contribution in [0.15, 0.2) is 72.2 Å². The lowest BCUT2D eigenvalue weighted by Crippen LogP contribution is -2.24. The number of nitrogens with zero attached hydrogens (tertiary/aromatic N) is 3. The third-order valence-electron chi connectivity index (χ3n) is 4.34. The Bertz CT molecular complexity index is 1070. The summed E-state index contributed by atoms with van der Waals surface area (Å²) in [5.74, 6) is -0.0447. The van der Waals surface area contributed by atoms with E-state index in [2.05, 4.69) is 10.3 Å². The summed E-state index contributed by atoms with van der Waals surface area (Å²) in [5.41, 5.74) is 4.65. The van der Waals surface area contributed by atoms with Gasteiger partial charge in [0, 0.05) is 29.2 Å². The van der Waals surface area contributed by atoms with Gasteiger partial charge < -0.3 is 5.32 Å². The van der Waals surface area contributed by atoms with E-state index >= 15 is 0 Å². The van der Waals surface area contributed by atoms with Gasteiger partial charge >= 0.3 is 0 Å². The third-order valence-corrected chi connectivity index (χ3v) is 5.16. The van der Waals surface area contributed by atoms with Gasteiger partial charge in [-0.25, -0.2) is 9.67 Å². The van der Waals surface area contributed by atoms with Crippen LogP contribution in [0.1, 0.15) is 16.3 Å². The maximum Gasteiger partial charge on any atom is 0.226 e. The Morgan fingerprint density at radius 1 is 1.07 bits per heavy atom. The summed E-state index contributed by atoms with van der Waals surface area (Å²) in [4.78, 5) is 16.7. The average molecular weight is 388 g/mol. The topological polar surface area (TPSA) is 59.8 Å². The minimum Gasteiger partial charge on any atom is -0.352 e. The van der Waals surface area contributed by atoms with Gasteiger partial charge in [0.1, 0.15) is 0 Å². The molecule has 140 valence electrons. The van der Waals surface area contributed by atoms with Crippen molar-refractivity contribution in [2.45, 2.75) is 19.9 Å². The molecule has 6 heteroatoms. The largest absolute Gasteiger partial charge is 0.352 e. The predicted molar refractivity (Wildman–Crippen MR) is 111 cm³/mol. The van der Waals surface area contributed by atoms with Gasteiger partial charge in [0.2, 0.25) is 5.91 Å². The molecule has 0 saturated heterocycles. The predicted octanol–water partition coefficient (Wildman–Crippen LogP) is 4.16. The number of hydrogen-bond acceptors (Lipinski definition) is 4. The highest BCUT2D eigenvalue weighted by molar-refractivity contribution is 7.09. The fourth-order valence-electron chi connectivity index (χ4n) is 3.00. The normalized spacial score (nSPS) is 10.8. The summed E-state index contributed by atoms with van der Waals surface area (Å²) < 4.78 is 1.85. The molecule has 0 aliphatic carbocycles. The number of aryl methyl sites for hydroxylation is 1. The van der Waals surface area contributed by atoms with Gasteiger partial charge in [-0.3, -0.25) is 4.79 Å². The second kappa shape index (κ2) is 8.19. The van der Waals surface area contributed by atoms with Crippen LogP contribution in [0.2, 0.25) is 0 Å². The molecule has 0 radical (unpaired) electrons. The molecule has 4 rings (SSSR count). The molecule has 0 unspecified atom stereocenters. The quantitative estimate of drug-likeness (QED) is 0.539. The first-order valence-electron chi connectivity index (χ1n) is 9.06. The molecular formula is C22H20N4OS. The van der Waals surface area contributed by atoms with Crippen molar-refractivity contribution in [2.75, 3.05) is 0 Å². The number of para-hydroxylation sites is 1. The highest BCUT2D eigenvalue weighted by Gasteiger charge is 2.14. The Labute approximate surface area is 167 Å². The van der Waals surface area contributed by atoms with Crippen molar-refractivity contribution in [2.24, 2.45) is 0 Å². The Kier molecular flexibility index (Phi) is 5.30. The first kappa shape index (κ1) is 18.1. The molecule has 0 saturated carbocycles. The molecule has 0 atom stereocenters. The van der Waals surface area contributed by atoms with E-state index in [1.807, 2.05) is 83.8 Å². The molecule has 2 aromatic heterocycles. The van der Waals surface area contributed by atoms with Crippen molar-refractivity contribution in [3.05, 3.63) is 88.5 Å². The molecular weight excluding hydrogens is 368 g/mol. The second-order valence-corrected chi connectivity index (χ2v) is 7.52. The van der Waals surface area contributed by atoms with E-state index in [0.717, 1.165) is 33.2 Å². The van der Waals surface area contributed by atoms with Crippen molar-refractivity contribution < 1.29 is 4.79 Å². The zero-order chi connectivity index (χ0) is 19.3. The van der Waals surface area contributed by atoms with Crippen LogP contribution in [0.25, 0.3) is 16.9 Å². The SMILES string of the molecule is Cc1nc(CC(=O)NCc2cn(-c3ccccc3)nc2-c2ccccc2)cs1. The van der Waals surface area contributed by atoms with Crippen LogP contribution in [-0.2, 0) is 17.8 Å². The third kappa shape index (κ3) is 4.18. The Hall–Kier alpha value is -3.25. The molecule has 0 spiro atoms. The Balaban J connectivity index is 1.56. The second-order valence-electron chi connectivity index (χ2n) is 6.46. The number of amides is 1. The number of aromatic nitrogens is 3. The zero-order valence-electron chi connectivity index (χ0n) is 15.5. The van der Waals surface area contributed by atoms with Crippen LogP contribution < -0.4 is 5.32 Å². The van der Waals surface area contributed by atoms with E-state index in [9.17, 15) is 4.79 Å². The van der Waals surface area contributed by atoms with Crippen molar-refractivity contribution >= 4 is 17.2 Å². The molecule has 0 fully saturated rings. The summed E-state index contributed by atoms with van der Waals surface area (Å²) in [6, 6.07) is 20.0. The lowest BCUT2D eigenvalue weighted by atomic mass is 10.1. The number of benzene rings is 2. The van der Waals surface area contributed by atoms with E-state index in [-0.39, 0.29) is 12.3 Å².